The van der Waals surface area contributed by atoms with E-state index in [0.717, 1.165) is 36.0 Å². The number of benzene rings is 3. The summed E-state index contributed by atoms with van der Waals surface area (Å²) in [5, 5.41) is 10.9. The van der Waals surface area contributed by atoms with Gasteiger partial charge in [-0.05, 0) is 93.8 Å². The van der Waals surface area contributed by atoms with Crippen molar-refractivity contribution in [3.05, 3.63) is 95.8 Å². The molecule has 0 aliphatic carbocycles. The second-order valence-electron chi connectivity index (χ2n) is 7.58. The zero-order chi connectivity index (χ0) is 22.0. The molecule has 0 aliphatic heterocycles. The molecule has 4 rings (SSSR count). The van der Waals surface area contributed by atoms with Crippen LogP contribution in [-0.4, -0.2) is 10.9 Å². The Hall–Kier alpha value is -1.87. The van der Waals surface area contributed by atoms with E-state index in [-0.39, 0.29) is 11.5 Å². The Morgan fingerprint density at radius 1 is 0.903 bits per heavy atom. The van der Waals surface area contributed by atoms with E-state index < -0.39 is 0 Å². The van der Waals surface area contributed by atoms with Crippen LogP contribution in [0.5, 0.6) is 5.75 Å². The number of phenolic OH excluding ortho intramolecular Hbond substituents is 1. The van der Waals surface area contributed by atoms with Gasteiger partial charge in [-0.3, -0.25) is 4.79 Å². The van der Waals surface area contributed by atoms with E-state index in [0.29, 0.717) is 24.7 Å². The molecule has 0 bridgehead atoms. The summed E-state index contributed by atoms with van der Waals surface area (Å²) in [6.45, 7) is 2.08. The summed E-state index contributed by atoms with van der Waals surface area (Å²) >= 11 is 4.12. The van der Waals surface area contributed by atoms with E-state index in [9.17, 15) is 9.90 Å². The SMILES string of the molecule is CCCc1oc2cc(CCc3ccccc3)ccc2c1C(=O)c1cc(I)c(O)c(I)c1. The highest BCUT2D eigenvalue weighted by atomic mass is 127. The van der Waals surface area contributed by atoms with Gasteiger partial charge >= 0.3 is 0 Å². The lowest BCUT2D eigenvalue weighted by Crippen LogP contribution is -2.05. The molecule has 0 spiro atoms. The van der Waals surface area contributed by atoms with Gasteiger partial charge in [-0.15, -0.1) is 0 Å². The van der Waals surface area contributed by atoms with Crippen molar-refractivity contribution in [1.29, 1.82) is 0 Å². The monoisotopic (exact) mass is 636 g/mol. The highest BCUT2D eigenvalue weighted by Crippen LogP contribution is 2.33. The van der Waals surface area contributed by atoms with Gasteiger partial charge < -0.3 is 9.52 Å². The molecule has 0 saturated carbocycles. The van der Waals surface area contributed by atoms with Crippen LogP contribution >= 0.6 is 45.2 Å². The third-order valence-electron chi connectivity index (χ3n) is 5.36. The summed E-state index contributed by atoms with van der Waals surface area (Å²) in [5.74, 6) is 0.891. The van der Waals surface area contributed by atoms with Gasteiger partial charge in [-0.2, -0.15) is 0 Å². The number of ketones is 1. The second kappa shape index (κ2) is 9.73. The molecule has 0 aliphatic rings. The van der Waals surface area contributed by atoms with Gasteiger partial charge in [0.2, 0.25) is 0 Å². The molecule has 5 heteroatoms. The van der Waals surface area contributed by atoms with Crippen molar-refractivity contribution in [2.45, 2.75) is 32.6 Å². The number of carbonyl (C=O) groups is 1. The Morgan fingerprint density at radius 3 is 2.26 bits per heavy atom. The molecule has 4 aromatic rings. The zero-order valence-corrected chi connectivity index (χ0v) is 21.4. The number of rotatable bonds is 7. The third-order valence-corrected chi connectivity index (χ3v) is 7.00. The molecule has 0 radical (unpaired) electrons. The molecular weight excluding hydrogens is 614 g/mol. The van der Waals surface area contributed by atoms with Crippen molar-refractivity contribution in [3.63, 3.8) is 0 Å². The number of hydrogen-bond donors (Lipinski definition) is 1. The van der Waals surface area contributed by atoms with Crippen LogP contribution in [0.2, 0.25) is 0 Å². The number of furan rings is 1. The van der Waals surface area contributed by atoms with E-state index >= 15 is 0 Å². The zero-order valence-electron chi connectivity index (χ0n) is 17.1. The average Bonchev–Trinajstić information content (AvgIpc) is 3.13. The van der Waals surface area contributed by atoms with Crippen LogP contribution < -0.4 is 0 Å². The molecule has 1 aromatic heterocycles. The van der Waals surface area contributed by atoms with Crippen LogP contribution in [0, 0.1) is 7.14 Å². The number of phenols is 1. The summed E-state index contributed by atoms with van der Waals surface area (Å²) in [6.07, 6.45) is 3.49. The number of hydrogen-bond acceptors (Lipinski definition) is 3. The minimum atomic E-state index is -0.0601. The molecule has 0 atom stereocenters. The first-order valence-electron chi connectivity index (χ1n) is 10.3. The lowest BCUT2D eigenvalue weighted by molar-refractivity contribution is 0.103. The Morgan fingerprint density at radius 2 is 1.58 bits per heavy atom. The first-order chi connectivity index (χ1) is 15.0. The van der Waals surface area contributed by atoms with Crippen LogP contribution in [0.4, 0.5) is 0 Å². The normalized spacial score (nSPS) is 11.2. The fraction of sp³-hybridized carbons (Fsp3) is 0.192. The molecule has 158 valence electrons. The van der Waals surface area contributed by atoms with Crippen LogP contribution in [0.25, 0.3) is 11.0 Å². The standard InChI is InChI=1S/C26H22I2O3/c1-2-6-22-24(25(29)18-14-20(27)26(30)21(28)15-18)19-12-11-17(13-23(19)31-22)10-9-16-7-4-3-5-8-16/h3-5,7-8,11-15,30H,2,6,9-10H2,1H3. The van der Waals surface area contributed by atoms with Crippen LogP contribution in [0.15, 0.2) is 65.1 Å². The smallest absolute Gasteiger partial charge is 0.197 e. The second-order valence-corrected chi connectivity index (χ2v) is 9.91. The maximum absolute atomic E-state index is 13.5. The molecule has 3 nitrogen and oxygen atoms in total. The number of fused-ring (bicyclic) bond motifs is 1. The van der Waals surface area contributed by atoms with Gasteiger partial charge in [-0.1, -0.05) is 49.4 Å². The number of aromatic hydroxyl groups is 1. The highest BCUT2D eigenvalue weighted by molar-refractivity contribution is 14.1. The Kier molecular flexibility index (Phi) is 7.01. The average molecular weight is 636 g/mol. The van der Waals surface area contributed by atoms with Gasteiger partial charge in [0.05, 0.1) is 12.7 Å². The first kappa shape index (κ1) is 22.3. The van der Waals surface area contributed by atoms with Gasteiger partial charge in [0.1, 0.15) is 17.1 Å². The molecule has 0 saturated heterocycles. The Balaban J connectivity index is 1.70. The van der Waals surface area contributed by atoms with Crippen LogP contribution in [-0.2, 0) is 19.3 Å². The van der Waals surface area contributed by atoms with Crippen LogP contribution in [0.3, 0.4) is 0 Å². The summed E-state index contributed by atoms with van der Waals surface area (Å²) in [6, 6.07) is 20.1. The molecule has 1 N–H and O–H groups in total. The van der Waals surface area contributed by atoms with Crippen molar-refractivity contribution < 1.29 is 14.3 Å². The maximum Gasteiger partial charge on any atom is 0.197 e. The van der Waals surface area contributed by atoms with Crippen molar-refractivity contribution in [1.82, 2.24) is 0 Å². The minimum Gasteiger partial charge on any atom is -0.506 e. The molecule has 1 heterocycles. The Labute approximate surface area is 209 Å². The van der Waals surface area contributed by atoms with Gasteiger partial charge in [-0.25, -0.2) is 0 Å². The van der Waals surface area contributed by atoms with Gasteiger partial charge in [0, 0.05) is 17.4 Å². The highest BCUT2D eigenvalue weighted by Gasteiger charge is 2.23. The number of halogens is 2. The van der Waals surface area contributed by atoms with Gasteiger partial charge in [0.15, 0.2) is 5.78 Å². The van der Waals surface area contributed by atoms with Crippen molar-refractivity contribution in [3.8, 4) is 5.75 Å². The predicted octanol–water partition coefficient (Wildman–Crippen LogP) is 7.32. The summed E-state index contributed by atoms with van der Waals surface area (Å²) in [5.41, 5.74) is 4.48. The summed E-state index contributed by atoms with van der Waals surface area (Å²) in [4.78, 5) is 13.5. The molecule has 0 unspecified atom stereocenters. The van der Waals surface area contributed by atoms with E-state index in [4.69, 9.17) is 4.42 Å². The number of aryl methyl sites for hydroxylation is 3. The molecule has 31 heavy (non-hydrogen) atoms. The maximum atomic E-state index is 13.5. The van der Waals surface area contributed by atoms with Crippen molar-refractivity contribution >= 4 is 61.9 Å². The molecular formula is C26H22I2O3. The molecule has 0 fully saturated rings. The van der Waals surface area contributed by atoms with Crippen molar-refractivity contribution in [2.24, 2.45) is 0 Å². The van der Waals surface area contributed by atoms with Crippen LogP contribution in [0.1, 0.15) is 46.2 Å². The minimum absolute atomic E-state index is 0.0601. The fourth-order valence-electron chi connectivity index (χ4n) is 3.77. The lowest BCUT2D eigenvalue weighted by atomic mass is 9.97. The summed E-state index contributed by atoms with van der Waals surface area (Å²) < 4.78 is 7.52. The van der Waals surface area contributed by atoms with E-state index in [2.05, 4.69) is 88.5 Å². The van der Waals surface area contributed by atoms with E-state index in [1.54, 1.807) is 12.1 Å². The topological polar surface area (TPSA) is 50.4 Å². The lowest BCUT2D eigenvalue weighted by Gasteiger charge is -2.06. The number of carbonyl (C=O) groups excluding carboxylic acids is 1. The first-order valence-corrected chi connectivity index (χ1v) is 12.4. The largest absolute Gasteiger partial charge is 0.506 e. The molecule has 0 amide bonds. The fourth-order valence-corrected chi connectivity index (χ4v) is 5.54. The van der Waals surface area contributed by atoms with Gasteiger partial charge in [0.25, 0.3) is 0 Å². The predicted molar refractivity (Wildman–Crippen MR) is 141 cm³/mol. The Bertz CT molecular complexity index is 1220. The summed E-state index contributed by atoms with van der Waals surface area (Å²) in [7, 11) is 0. The third kappa shape index (κ3) is 4.82. The quantitative estimate of drug-likeness (QED) is 0.171. The van der Waals surface area contributed by atoms with E-state index in [1.165, 1.54) is 11.1 Å². The van der Waals surface area contributed by atoms with E-state index in [1.807, 2.05) is 12.1 Å². The van der Waals surface area contributed by atoms with Crippen molar-refractivity contribution in [2.75, 3.05) is 0 Å². The molecule has 3 aromatic carbocycles.